The summed E-state index contributed by atoms with van der Waals surface area (Å²) in [4.78, 5) is 44.1. The normalized spacial score (nSPS) is 26.3. The third-order valence-electron chi connectivity index (χ3n) is 9.23. The molecule has 10 heteroatoms. The lowest BCUT2D eigenvalue weighted by Gasteiger charge is -2.41. The zero-order valence-electron chi connectivity index (χ0n) is 22.9. The van der Waals surface area contributed by atoms with E-state index in [9.17, 15) is 14.4 Å². The SMILES string of the molecule is CC(=O)Nc1ccc(C(=O)N2CC[C@H]3C2[C@H](c2cccc(Cl)c2F)[C@]2(C(=O)Nc4cc(Cl)ccc42)N3CC2CC2)cc1. The van der Waals surface area contributed by atoms with Gasteiger partial charge in [0.2, 0.25) is 11.8 Å². The maximum Gasteiger partial charge on any atom is 0.254 e. The maximum atomic E-state index is 16.1. The Kier molecular flexibility index (Phi) is 6.57. The maximum absolute atomic E-state index is 16.1. The summed E-state index contributed by atoms with van der Waals surface area (Å²) in [5.74, 6) is -1.53. The zero-order valence-corrected chi connectivity index (χ0v) is 24.4. The molecule has 1 spiro atoms. The molecule has 3 aromatic rings. The van der Waals surface area contributed by atoms with Gasteiger partial charge in [0.25, 0.3) is 5.91 Å². The van der Waals surface area contributed by atoms with Crippen LogP contribution >= 0.6 is 23.2 Å². The third-order valence-corrected chi connectivity index (χ3v) is 9.76. The van der Waals surface area contributed by atoms with E-state index in [0.29, 0.717) is 53.0 Å². The van der Waals surface area contributed by atoms with E-state index >= 15 is 4.39 Å². The molecule has 0 bridgehead atoms. The first-order valence-electron chi connectivity index (χ1n) is 14.2. The molecule has 3 aliphatic heterocycles. The highest BCUT2D eigenvalue weighted by Gasteiger charge is 2.70. The van der Waals surface area contributed by atoms with E-state index in [0.717, 1.165) is 18.4 Å². The lowest BCUT2D eigenvalue weighted by atomic mass is 9.73. The van der Waals surface area contributed by atoms with Crippen molar-refractivity contribution in [1.29, 1.82) is 0 Å². The van der Waals surface area contributed by atoms with Gasteiger partial charge < -0.3 is 15.5 Å². The zero-order chi connectivity index (χ0) is 29.3. The van der Waals surface area contributed by atoms with Crippen LogP contribution in [0.15, 0.2) is 60.7 Å². The molecule has 3 aromatic carbocycles. The Morgan fingerprint density at radius 1 is 1.07 bits per heavy atom. The molecule has 2 N–H and O–H groups in total. The predicted octanol–water partition coefficient (Wildman–Crippen LogP) is 6.03. The number of anilines is 2. The number of hydrogen-bond acceptors (Lipinski definition) is 4. The first kappa shape index (κ1) is 27.4. The molecule has 4 atom stereocenters. The van der Waals surface area contributed by atoms with Crippen LogP contribution in [0, 0.1) is 11.7 Å². The van der Waals surface area contributed by atoms with Gasteiger partial charge in [-0.1, -0.05) is 41.4 Å². The number of likely N-dealkylation sites (tertiary alicyclic amines) is 2. The van der Waals surface area contributed by atoms with Gasteiger partial charge in [-0.25, -0.2) is 4.39 Å². The highest BCUT2D eigenvalue weighted by Crippen LogP contribution is 2.61. The van der Waals surface area contributed by atoms with Crippen LogP contribution in [-0.2, 0) is 15.1 Å². The number of rotatable bonds is 5. The third kappa shape index (κ3) is 4.14. The van der Waals surface area contributed by atoms with Crippen LogP contribution in [0.4, 0.5) is 15.8 Å². The molecule has 3 amide bonds. The first-order chi connectivity index (χ1) is 20.2. The van der Waals surface area contributed by atoms with Gasteiger partial charge in [-0.2, -0.15) is 0 Å². The Morgan fingerprint density at radius 2 is 1.83 bits per heavy atom. The summed E-state index contributed by atoms with van der Waals surface area (Å²) >= 11 is 12.7. The van der Waals surface area contributed by atoms with E-state index < -0.39 is 23.3 Å². The van der Waals surface area contributed by atoms with Crippen molar-refractivity contribution >= 4 is 52.3 Å². The molecule has 216 valence electrons. The fraction of sp³-hybridized carbons (Fsp3) is 0.344. The van der Waals surface area contributed by atoms with Crippen LogP contribution in [-0.4, -0.2) is 52.7 Å². The summed E-state index contributed by atoms with van der Waals surface area (Å²) in [6.45, 7) is 2.56. The second-order valence-corrected chi connectivity index (χ2v) is 12.6. The lowest BCUT2D eigenvalue weighted by Crippen LogP contribution is -2.53. The van der Waals surface area contributed by atoms with Crippen LogP contribution < -0.4 is 10.6 Å². The van der Waals surface area contributed by atoms with Gasteiger partial charge >= 0.3 is 0 Å². The van der Waals surface area contributed by atoms with E-state index in [4.69, 9.17) is 23.2 Å². The minimum atomic E-state index is -1.25. The predicted molar refractivity (Wildman–Crippen MR) is 159 cm³/mol. The molecule has 0 aromatic heterocycles. The molecule has 0 radical (unpaired) electrons. The Labute approximate surface area is 253 Å². The summed E-state index contributed by atoms with van der Waals surface area (Å²) in [5.41, 5.74) is 1.45. The molecule has 1 aliphatic carbocycles. The molecule has 42 heavy (non-hydrogen) atoms. The molecule has 1 saturated carbocycles. The van der Waals surface area contributed by atoms with Crippen molar-refractivity contribution in [2.75, 3.05) is 23.7 Å². The van der Waals surface area contributed by atoms with Gasteiger partial charge in [-0.15, -0.1) is 0 Å². The highest BCUT2D eigenvalue weighted by molar-refractivity contribution is 6.31. The molecule has 2 saturated heterocycles. The van der Waals surface area contributed by atoms with Crippen molar-refractivity contribution in [2.24, 2.45) is 5.92 Å². The average Bonchev–Trinajstić information content (AvgIpc) is 3.51. The Bertz CT molecular complexity index is 1630. The largest absolute Gasteiger partial charge is 0.333 e. The van der Waals surface area contributed by atoms with Crippen LogP contribution in [0.1, 0.15) is 53.6 Å². The fourth-order valence-electron chi connectivity index (χ4n) is 7.44. The Morgan fingerprint density at radius 3 is 2.55 bits per heavy atom. The van der Waals surface area contributed by atoms with E-state index in [1.807, 2.05) is 6.07 Å². The molecule has 7 nitrogen and oxygen atoms in total. The fourth-order valence-corrected chi connectivity index (χ4v) is 7.80. The van der Waals surface area contributed by atoms with E-state index in [2.05, 4.69) is 15.5 Å². The molecule has 3 fully saturated rings. The van der Waals surface area contributed by atoms with Crippen molar-refractivity contribution in [3.63, 3.8) is 0 Å². The average molecular weight is 608 g/mol. The van der Waals surface area contributed by atoms with Gasteiger partial charge in [0.1, 0.15) is 11.4 Å². The van der Waals surface area contributed by atoms with Crippen LogP contribution in [0.3, 0.4) is 0 Å². The topological polar surface area (TPSA) is 81.8 Å². The van der Waals surface area contributed by atoms with E-state index in [1.54, 1.807) is 53.4 Å². The number of carbonyl (C=O) groups is 3. The molecule has 4 aliphatic rings. The number of nitrogens with one attached hydrogen (secondary N) is 2. The number of amides is 3. The Balaban J connectivity index is 1.40. The summed E-state index contributed by atoms with van der Waals surface area (Å²) in [7, 11) is 0. The molecular weight excluding hydrogens is 578 g/mol. The van der Waals surface area contributed by atoms with E-state index in [-0.39, 0.29) is 28.8 Å². The molecular formula is C32H29Cl2FN4O3. The van der Waals surface area contributed by atoms with Gasteiger partial charge in [-0.05, 0) is 73.2 Å². The second kappa shape index (κ2) is 10.1. The quantitative estimate of drug-likeness (QED) is 0.371. The number of benzene rings is 3. The summed E-state index contributed by atoms with van der Waals surface area (Å²) in [6.07, 6.45) is 2.78. The van der Waals surface area contributed by atoms with Crippen LogP contribution in [0.5, 0.6) is 0 Å². The Hall–Kier alpha value is -3.46. The van der Waals surface area contributed by atoms with Gasteiger partial charge in [0.15, 0.2) is 0 Å². The van der Waals surface area contributed by atoms with Gasteiger partial charge in [0, 0.05) is 59.5 Å². The summed E-state index contributed by atoms with van der Waals surface area (Å²) < 4.78 is 16.1. The first-order valence-corrected chi connectivity index (χ1v) is 15.0. The van der Waals surface area contributed by atoms with Gasteiger partial charge in [0.05, 0.1) is 11.1 Å². The van der Waals surface area contributed by atoms with Crippen molar-refractivity contribution in [2.45, 2.75) is 49.7 Å². The monoisotopic (exact) mass is 606 g/mol. The summed E-state index contributed by atoms with van der Waals surface area (Å²) in [6, 6.07) is 16.3. The van der Waals surface area contributed by atoms with Crippen molar-refractivity contribution < 1.29 is 18.8 Å². The second-order valence-electron chi connectivity index (χ2n) is 11.7. The minimum absolute atomic E-state index is 0.0287. The number of fused-ring (bicyclic) bond motifs is 3. The van der Waals surface area contributed by atoms with Gasteiger partial charge in [-0.3, -0.25) is 19.3 Å². The van der Waals surface area contributed by atoms with Crippen molar-refractivity contribution in [3.05, 3.63) is 93.2 Å². The minimum Gasteiger partial charge on any atom is -0.333 e. The van der Waals surface area contributed by atoms with Crippen molar-refractivity contribution in [3.8, 4) is 0 Å². The summed E-state index contributed by atoms with van der Waals surface area (Å²) in [5, 5.41) is 6.24. The highest BCUT2D eigenvalue weighted by atomic mass is 35.5. The number of nitrogens with zero attached hydrogens (tertiary/aromatic N) is 2. The number of halogens is 3. The van der Waals surface area contributed by atoms with Crippen LogP contribution in [0.2, 0.25) is 10.0 Å². The van der Waals surface area contributed by atoms with Crippen LogP contribution in [0.25, 0.3) is 0 Å². The standard InChI is InChI=1S/C32H29Cl2FN4O3/c1-17(40)36-21-10-7-19(8-11-21)30(41)38-14-13-26-29(38)27(22-3-2-4-24(34)28(22)35)32(39(26)16-18-5-6-18)23-12-9-20(33)15-25(23)37-31(32)42/h2-4,7-12,15,18,26-27,29H,5-6,13-14,16H2,1H3,(H,36,40)(H,37,42)/t26-,27-,29?,32+/m0/s1. The molecule has 1 unspecified atom stereocenters. The smallest absolute Gasteiger partial charge is 0.254 e. The number of carbonyl (C=O) groups excluding carboxylic acids is 3. The molecule has 7 rings (SSSR count). The van der Waals surface area contributed by atoms with E-state index in [1.165, 1.54) is 13.0 Å². The number of hydrogen-bond donors (Lipinski definition) is 2. The lowest BCUT2D eigenvalue weighted by molar-refractivity contribution is -0.128. The van der Waals surface area contributed by atoms with Crippen molar-refractivity contribution in [1.82, 2.24) is 9.80 Å². The molecule has 3 heterocycles.